The quantitative estimate of drug-likeness (QED) is 0.662. The summed E-state index contributed by atoms with van der Waals surface area (Å²) in [5, 5.41) is 9.36. The number of hydrogen-bond donors (Lipinski definition) is 1. The lowest BCUT2D eigenvalue weighted by Crippen LogP contribution is -2.32. The van der Waals surface area contributed by atoms with Crippen LogP contribution in [0.25, 0.3) is 0 Å². The summed E-state index contributed by atoms with van der Waals surface area (Å²) in [6, 6.07) is 0. The molecule has 0 saturated heterocycles. The van der Waals surface area contributed by atoms with Crippen LogP contribution >= 0.6 is 0 Å². The molecule has 0 aliphatic heterocycles. The highest BCUT2D eigenvalue weighted by molar-refractivity contribution is 5.72. The zero-order valence-corrected chi connectivity index (χ0v) is 8.32. The van der Waals surface area contributed by atoms with Gasteiger partial charge in [0.25, 0.3) is 0 Å². The Morgan fingerprint density at radius 3 is 2.77 bits per heavy atom. The maximum atomic E-state index is 11.4. The lowest BCUT2D eigenvalue weighted by molar-refractivity contribution is -0.152. The normalized spacial score (nSPS) is 34.2. The Morgan fingerprint density at radius 2 is 2.23 bits per heavy atom. The average Bonchev–Trinajstić information content (AvgIpc) is 2.04. The van der Waals surface area contributed by atoms with Crippen molar-refractivity contribution in [3.05, 3.63) is 0 Å². The number of rotatable bonds is 2. The maximum Gasteiger partial charge on any atom is 0.309 e. The van der Waals surface area contributed by atoms with Crippen molar-refractivity contribution in [2.24, 2.45) is 11.8 Å². The van der Waals surface area contributed by atoms with Crippen molar-refractivity contribution in [1.29, 1.82) is 0 Å². The average molecular weight is 186 g/mol. The van der Waals surface area contributed by atoms with Gasteiger partial charge in [-0.1, -0.05) is 6.92 Å². The van der Waals surface area contributed by atoms with E-state index in [0.29, 0.717) is 6.61 Å². The van der Waals surface area contributed by atoms with E-state index in [1.54, 1.807) is 0 Å². The first-order valence-electron chi connectivity index (χ1n) is 4.99. The first-order valence-corrected chi connectivity index (χ1v) is 4.99. The number of aliphatic hydroxyl groups excluding tert-OH is 1. The van der Waals surface area contributed by atoms with Crippen LogP contribution in [0.2, 0.25) is 0 Å². The summed E-state index contributed by atoms with van der Waals surface area (Å²) in [7, 11) is 0. The van der Waals surface area contributed by atoms with E-state index in [9.17, 15) is 9.90 Å². The minimum atomic E-state index is -0.222. The van der Waals surface area contributed by atoms with E-state index in [2.05, 4.69) is 0 Å². The molecule has 0 unspecified atom stereocenters. The lowest BCUT2D eigenvalue weighted by atomic mass is 9.79. The molecule has 1 N–H and O–H groups in total. The van der Waals surface area contributed by atoms with E-state index in [0.717, 1.165) is 19.3 Å². The van der Waals surface area contributed by atoms with Crippen LogP contribution in [0.5, 0.6) is 0 Å². The van der Waals surface area contributed by atoms with Gasteiger partial charge in [-0.3, -0.25) is 4.79 Å². The first-order chi connectivity index (χ1) is 6.15. The van der Waals surface area contributed by atoms with Gasteiger partial charge >= 0.3 is 5.97 Å². The summed E-state index contributed by atoms with van der Waals surface area (Å²) in [5.74, 6) is 0.160. The van der Waals surface area contributed by atoms with Crippen molar-refractivity contribution in [3.63, 3.8) is 0 Å². The molecule has 1 aliphatic carbocycles. The SMILES string of the molecule is CCOC(=O)[C@H]1CC[C@@H](O)C[C@H]1C. The molecule has 0 radical (unpaired) electrons. The third-order valence-corrected chi connectivity index (χ3v) is 2.73. The monoisotopic (exact) mass is 186 g/mol. The van der Waals surface area contributed by atoms with Crippen molar-refractivity contribution in [3.8, 4) is 0 Å². The summed E-state index contributed by atoms with van der Waals surface area (Å²) < 4.78 is 4.97. The van der Waals surface area contributed by atoms with Gasteiger partial charge in [0.1, 0.15) is 0 Å². The van der Waals surface area contributed by atoms with Gasteiger partial charge in [0.05, 0.1) is 18.6 Å². The van der Waals surface area contributed by atoms with E-state index in [1.165, 1.54) is 0 Å². The van der Waals surface area contributed by atoms with E-state index in [1.807, 2.05) is 13.8 Å². The van der Waals surface area contributed by atoms with Crippen LogP contribution in [0.4, 0.5) is 0 Å². The van der Waals surface area contributed by atoms with Crippen molar-refractivity contribution in [2.45, 2.75) is 39.2 Å². The van der Waals surface area contributed by atoms with Crippen LogP contribution in [0.15, 0.2) is 0 Å². The summed E-state index contributed by atoms with van der Waals surface area (Å²) in [6.07, 6.45) is 2.00. The van der Waals surface area contributed by atoms with E-state index in [4.69, 9.17) is 4.74 Å². The van der Waals surface area contributed by atoms with Gasteiger partial charge in [-0.05, 0) is 32.1 Å². The predicted molar refractivity (Wildman–Crippen MR) is 49.1 cm³/mol. The highest BCUT2D eigenvalue weighted by atomic mass is 16.5. The molecule has 1 fully saturated rings. The molecule has 0 aromatic carbocycles. The molecule has 0 bridgehead atoms. The minimum Gasteiger partial charge on any atom is -0.466 e. The van der Waals surface area contributed by atoms with Gasteiger partial charge in [-0.15, -0.1) is 0 Å². The molecule has 1 aliphatic rings. The molecule has 76 valence electrons. The summed E-state index contributed by atoms with van der Waals surface area (Å²) in [4.78, 5) is 11.4. The molecule has 1 rings (SSSR count). The van der Waals surface area contributed by atoms with Gasteiger partial charge in [-0.25, -0.2) is 0 Å². The molecule has 1 saturated carbocycles. The third-order valence-electron chi connectivity index (χ3n) is 2.73. The topological polar surface area (TPSA) is 46.5 Å². The van der Waals surface area contributed by atoms with Crippen LogP contribution in [0, 0.1) is 11.8 Å². The zero-order valence-electron chi connectivity index (χ0n) is 8.32. The first kappa shape index (κ1) is 10.5. The molecule has 0 aromatic rings. The van der Waals surface area contributed by atoms with Crippen LogP contribution in [-0.4, -0.2) is 23.8 Å². The van der Waals surface area contributed by atoms with Crippen molar-refractivity contribution < 1.29 is 14.6 Å². The second-order valence-electron chi connectivity index (χ2n) is 3.80. The summed E-state index contributed by atoms with van der Waals surface area (Å²) >= 11 is 0. The van der Waals surface area contributed by atoms with Crippen molar-refractivity contribution in [1.82, 2.24) is 0 Å². The Balaban J connectivity index is 2.45. The smallest absolute Gasteiger partial charge is 0.309 e. The third kappa shape index (κ3) is 2.69. The highest BCUT2D eigenvalue weighted by Gasteiger charge is 2.32. The molecule has 0 amide bonds. The van der Waals surface area contributed by atoms with E-state index >= 15 is 0 Å². The zero-order chi connectivity index (χ0) is 9.84. The van der Waals surface area contributed by atoms with Crippen LogP contribution in [0.1, 0.15) is 33.1 Å². The molecule has 0 aromatic heterocycles. The Hall–Kier alpha value is -0.570. The Labute approximate surface area is 79.1 Å². The maximum absolute atomic E-state index is 11.4. The van der Waals surface area contributed by atoms with E-state index < -0.39 is 0 Å². The molecule has 3 heteroatoms. The Kier molecular flexibility index (Phi) is 3.72. The Morgan fingerprint density at radius 1 is 1.54 bits per heavy atom. The number of hydrogen-bond acceptors (Lipinski definition) is 3. The molecule has 13 heavy (non-hydrogen) atoms. The number of ether oxygens (including phenoxy) is 1. The standard InChI is InChI=1S/C10H18O3/c1-3-13-10(12)9-5-4-8(11)6-7(9)2/h7-9,11H,3-6H2,1-2H3/t7-,8-,9+/m1/s1. The fraction of sp³-hybridized carbons (Fsp3) is 0.900. The van der Waals surface area contributed by atoms with Gasteiger partial charge in [0.15, 0.2) is 0 Å². The number of esters is 1. The van der Waals surface area contributed by atoms with Crippen LogP contribution < -0.4 is 0 Å². The predicted octanol–water partition coefficient (Wildman–Crippen LogP) is 1.35. The molecule has 0 spiro atoms. The van der Waals surface area contributed by atoms with Gasteiger partial charge in [0, 0.05) is 0 Å². The van der Waals surface area contributed by atoms with Gasteiger partial charge in [-0.2, -0.15) is 0 Å². The van der Waals surface area contributed by atoms with Gasteiger partial charge in [0.2, 0.25) is 0 Å². The van der Waals surface area contributed by atoms with Crippen LogP contribution in [-0.2, 0) is 9.53 Å². The van der Waals surface area contributed by atoms with Crippen molar-refractivity contribution >= 4 is 5.97 Å². The summed E-state index contributed by atoms with van der Waals surface area (Å²) in [5.41, 5.74) is 0. The number of carbonyl (C=O) groups is 1. The molecule has 0 heterocycles. The summed E-state index contributed by atoms with van der Waals surface area (Å²) in [6.45, 7) is 4.27. The van der Waals surface area contributed by atoms with Gasteiger partial charge < -0.3 is 9.84 Å². The highest BCUT2D eigenvalue weighted by Crippen LogP contribution is 2.30. The second-order valence-corrected chi connectivity index (χ2v) is 3.80. The Bertz CT molecular complexity index is 179. The fourth-order valence-electron chi connectivity index (χ4n) is 1.97. The largest absolute Gasteiger partial charge is 0.466 e. The van der Waals surface area contributed by atoms with Crippen LogP contribution in [0.3, 0.4) is 0 Å². The van der Waals surface area contributed by atoms with Crippen molar-refractivity contribution in [2.75, 3.05) is 6.61 Å². The number of carbonyl (C=O) groups excluding carboxylic acids is 1. The molecule has 3 nitrogen and oxygen atoms in total. The van der Waals surface area contributed by atoms with E-state index in [-0.39, 0.29) is 23.9 Å². The number of aliphatic hydroxyl groups is 1. The second kappa shape index (κ2) is 4.61. The molecule has 3 atom stereocenters. The minimum absolute atomic E-state index is 0.00310. The fourth-order valence-corrected chi connectivity index (χ4v) is 1.97. The lowest BCUT2D eigenvalue weighted by Gasteiger charge is -2.29. The molecular formula is C10H18O3. The molecular weight excluding hydrogens is 168 g/mol.